The van der Waals surface area contributed by atoms with Crippen molar-refractivity contribution >= 4 is 28.2 Å². The maximum absolute atomic E-state index is 12.1. The maximum Gasteiger partial charge on any atom is 0.267 e. The number of nitrogens with two attached hydrogens (primary N) is 1. The minimum Gasteiger partial charge on any atom is -0.389 e. The number of thiazole rings is 1. The number of nitrogens with one attached hydrogen (secondary N) is 1. The summed E-state index contributed by atoms with van der Waals surface area (Å²) >= 11 is 1.19. The molecule has 0 aliphatic carbocycles. The molecule has 1 rings (SSSR count). The van der Waals surface area contributed by atoms with Crippen LogP contribution < -0.4 is 11.1 Å². The first-order valence-corrected chi connectivity index (χ1v) is 6.17. The lowest BCUT2D eigenvalue weighted by atomic mass is 10.3. The van der Waals surface area contributed by atoms with Gasteiger partial charge in [-0.1, -0.05) is 11.3 Å². The molecule has 0 bridgehead atoms. The number of hydrogen-bond donors (Lipinski definition) is 3. The van der Waals surface area contributed by atoms with Crippen LogP contribution >= 0.6 is 11.3 Å². The van der Waals surface area contributed by atoms with E-state index in [1.165, 1.54) is 23.3 Å². The number of amides is 1. The summed E-state index contributed by atoms with van der Waals surface area (Å²) in [6, 6.07) is 0. The quantitative estimate of drug-likeness (QED) is 0.667. The molecule has 0 radical (unpaired) electrons. The van der Waals surface area contributed by atoms with Crippen LogP contribution in [-0.2, 0) is 4.74 Å². The Morgan fingerprint density at radius 2 is 2.39 bits per heavy atom. The Morgan fingerprint density at radius 1 is 1.72 bits per heavy atom. The average molecular weight is 274 g/mol. The Labute approximate surface area is 110 Å². The van der Waals surface area contributed by atoms with Crippen LogP contribution in [0.15, 0.2) is 0 Å². The molecular formula is C10H18N4O3S. The van der Waals surface area contributed by atoms with Crippen LogP contribution in [0.1, 0.15) is 9.67 Å². The number of nitrogen functional groups attached to an aromatic ring is 1. The summed E-state index contributed by atoms with van der Waals surface area (Å²) in [7, 11) is 4.80. The molecule has 0 aliphatic heterocycles. The van der Waals surface area contributed by atoms with Crippen molar-refractivity contribution < 1.29 is 14.6 Å². The SMILES string of the molecule is CNc1nc(N)c(C(=O)N(C)CC(O)COC)s1. The molecule has 1 aromatic heterocycles. The Kier molecular flexibility index (Phi) is 5.32. The van der Waals surface area contributed by atoms with E-state index in [9.17, 15) is 9.90 Å². The smallest absolute Gasteiger partial charge is 0.267 e. The van der Waals surface area contributed by atoms with Gasteiger partial charge in [-0.15, -0.1) is 0 Å². The van der Waals surface area contributed by atoms with Gasteiger partial charge in [-0.2, -0.15) is 0 Å². The number of aliphatic hydroxyl groups is 1. The molecule has 0 spiro atoms. The third kappa shape index (κ3) is 3.56. The average Bonchev–Trinajstić information content (AvgIpc) is 2.69. The molecule has 1 amide bonds. The van der Waals surface area contributed by atoms with Crippen molar-refractivity contribution in [2.24, 2.45) is 0 Å². The number of ether oxygens (including phenoxy) is 1. The first-order chi connectivity index (χ1) is 8.49. The molecule has 0 fully saturated rings. The topological polar surface area (TPSA) is 101 Å². The van der Waals surface area contributed by atoms with E-state index in [1.54, 1.807) is 14.1 Å². The number of rotatable bonds is 6. The predicted octanol–water partition coefficient (Wildman–Crippen LogP) is -0.154. The second kappa shape index (κ2) is 6.53. The number of anilines is 2. The zero-order valence-electron chi connectivity index (χ0n) is 10.6. The van der Waals surface area contributed by atoms with Gasteiger partial charge in [0.25, 0.3) is 5.91 Å². The fourth-order valence-corrected chi connectivity index (χ4v) is 2.24. The lowest BCUT2D eigenvalue weighted by molar-refractivity contribution is 0.0382. The summed E-state index contributed by atoms with van der Waals surface area (Å²) in [6.07, 6.45) is -0.720. The highest BCUT2D eigenvalue weighted by Gasteiger charge is 2.21. The van der Waals surface area contributed by atoms with Gasteiger partial charge in [-0.3, -0.25) is 4.79 Å². The van der Waals surface area contributed by atoms with Gasteiger partial charge >= 0.3 is 0 Å². The van der Waals surface area contributed by atoms with Gasteiger partial charge in [0.15, 0.2) is 5.13 Å². The molecule has 1 aromatic rings. The molecule has 4 N–H and O–H groups in total. The van der Waals surface area contributed by atoms with E-state index < -0.39 is 6.10 Å². The van der Waals surface area contributed by atoms with Gasteiger partial charge in [0, 0.05) is 27.7 Å². The van der Waals surface area contributed by atoms with Gasteiger partial charge in [0.1, 0.15) is 10.7 Å². The molecule has 0 aromatic carbocycles. The zero-order chi connectivity index (χ0) is 13.7. The Hall–Kier alpha value is -1.38. The fraction of sp³-hybridized carbons (Fsp3) is 0.600. The highest BCUT2D eigenvalue weighted by atomic mass is 32.1. The first-order valence-electron chi connectivity index (χ1n) is 5.36. The first kappa shape index (κ1) is 14.7. The van der Waals surface area contributed by atoms with E-state index in [-0.39, 0.29) is 24.9 Å². The Bertz CT molecular complexity index is 410. The Morgan fingerprint density at radius 3 is 2.89 bits per heavy atom. The molecule has 8 heteroatoms. The standard InChI is InChI=1S/C10H18N4O3S/c1-12-10-13-8(11)7(18-10)9(16)14(2)4-6(15)5-17-3/h6,15H,4-5,11H2,1-3H3,(H,12,13). The molecule has 18 heavy (non-hydrogen) atoms. The molecule has 7 nitrogen and oxygen atoms in total. The van der Waals surface area contributed by atoms with E-state index in [1.807, 2.05) is 0 Å². The number of aromatic nitrogens is 1. The number of aliphatic hydroxyl groups excluding tert-OH is 1. The molecule has 0 aliphatic rings. The van der Waals surface area contributed by atoms with Crippen molar-refractivity contribution in [3.63, 3.8) is 0 Å². The second-order valence-corrected chi connectivity index (χ2v) is 4.78. The van der Waals surface area contributed by atoms with E-state index in [0.717, 1.165) is 0 Å². The van der Waals surface area contributed by atoms with E-state index in [4.69, 9.17) is 10.5 Å². The summed E-state index contributed by atoms with van der Waals surface area (Å²) in [5.41, 5.74) is 5.67. The summed E-state index contributed by atoms with van der Waals surface area (Å²) in [4.78, 5) is 17.8. The summed E-state index contributed by atoms with van der Waals surface area (Å²) in [5.74, 6) is -0.0657. The van der Waals surface area contributed by atoms with Crippen LogP contribution in [-0.4, -0.2) is 61.4 Å². The van der Waals surface area contributed by atoms with Crippen molar-refractivity contribution in [1.29, 1.82) is 0 Å². The van der Waals surface area contributed by atoms with Crippen molar-refractivity contribution in [2.45, 2.75) is 6.10 Å². The maximum atomic E-state index is 12.1. The van der Waals surface area contributed by atoms with Crippen LogP contribution in [0, 0.1) is 0 Å². The molecule has 102 valence electrons. The summed E-state index contributed by atoms with van der Waals surface area (Å²) in [6.45, 7) is 0.358. The third-order valence-corrected chi connectivity index (χ3v) is 3.33. The molecular weight excluding hydrogens is 256 g/mol. The number of methoxy groups -OCH3 is 1. The molecule has 1 atom stereocenters. The van der Waals surface area contributed by atoms with Crippen molar-refractivity contribution in [2.75, 3.05) is 45.4 Å². The van der Waals surface area contributed by atoms with Gasteiger partial charge in [0.2, 0.25) is 0 Å². The molecule has 1 unspecified atom stereocenters. The largest absolute Gasteiger partial charge is 0.389 e. The molecule has 0 saturated carbocycles. The van der Waals surface area contributed by atoms with Gasteiger partial charge in [-0.25, -0.2) is 4.98 Å². The fourth-order valence-electron chi connectivity index (χ4n) is 1.41. The van der Waals surface area contributed by atoms with Crippen molar-refractivity contribution in [3.8, 4) is 0 Å². The van der Waals surface area contributed by atoms with E-state index in [0.29, 0.717) is 10.0 Å². The van der Waals surface area contributed by atoms with E-state index in [2.05, 4.69) is 10.3 Å². The summed E-state index contributed by atoms with van der Waals surface area (Å²) < 4.78 is 4.80. The zero-order valence-corrected chi connectivity index (χ0v) is 11.5. The second-order valence-electron chi connectivity index (χ2n) is 3.78. The number of nitrogens with zero attached hydrogens (tertiary/aromatic N) is 2. The van der Waals surface area contributed by atoms with Crippen LogP contribution in [0.25, 0.3) is 0 Å². The lowest BCUT2D eigenvalue weighted by Gasteiger charge is -2.19. The Balaban J connectivity index is 2.70. The highest BCUT2D eigenvalue weighted by molar-refractivity contribution is 7.18. The van der Waals surface area contributed by atoms with Crippen molar-refractivity contribution in [1.82, 2.24) is 9.88 Å². The minimum absolute atomic E-state index is 0.178. The van der Waals surface area contributed by atoms with Crippen LogP contribution in [0.5, 0.6) is 0 Å². The minimum atomic E-state index is -0.720. The highest BCUT2D eigenvalue weighted by Crippen LogP contribution is 2.25. The lowest BCUT2D eigenvalue weighted by Crippen LogP contribution is -2.36. The van der Waals surface area contributed by atoms with E-state index >= 15 is 0 Å². The number of likely N-dealkylation sites (N-methyl/N-ethyl adjacent to an activating group) is 1. The molecule has 1 heterocycles. The van der Waals surface area contributed by atoms with Gasteiger partial charge in [-0.05, 0) is 0 Å². The molecule has 0 saturated heterocycles. The van der Waals surface area contributed by atoms with Crippen LogP contribution in [0.2, 0.25) is 0 Å². The number of carbonyl (C=O) groups excluding carboxylic acids is 1. The van der Waals surface area contributed by atoms with Gasteiger partial charge in [0.05, 0.1) is 12.7 Å². The number of hydrogen-bond acceptors (Lipinski definition) is 7. The monoisotopic (exact) mass is 274 g/mol. The predicted molar refractivity (Wildman–Crippen MR) is 70.9 cm³/mol. The van der Waals surface area contributed by atoms with Crippen molar-refractivity contribution in [3.05, 3.63) is 4.88 Å². The van der Waals surface area contributed by atoms with Crippen LogP contribution in [0.4, 0.5) is 10.9 Å². The van der Waals surface area contributed by atoms with Crippen LogP contribution in [0.3, 0.4) is 0 Å². The van der Waals surface area contributed by atoms with Gasteiger partial charge < -0.3 is 25.8 Å². The number of carbonyl (C=O) groups is 1. The normalized spacial score (nSPS) is 12.2. The third-order valence-electron chi connectivity index (χ3n) is 2.25. The summed E-state index contributed by atoms with van der Waals surface area (Å²) in [5, 5.41) is 13.0.